The van der Waals surface area contributed by atoms with Gasteiger partial charge in [-0.1, -0.05) is 170 Å². The van der Waals surface area contributed by atoms with Crippen LogP contribution in [0.25, 0.3) is 90.0 Å². The van der Waals surface area contributed by atoms with E-state index >= 15 is 0 Å². The van der Waals surface area contributed by atoms with E-state index in [-0.39, 0.29) is 0 Å². The minimum absolute atomic E-state index is 0.608. The molecule has 0 atom stereocenters. The highest BCUT2D eigenvalue weighted by Gasteiger charge is 2.19. The summed E-state index contributed by atoms with van der Waals surface area (Å²) in [6.07, 6.45) is 0. The largest absolute Gasteiger partial charge is 0.228 e. The van der Waals surface area contributed by atoms with Crippen LogP contribution in [0, 0.1) is 0 Å². The quantitative estimate of drug-likeness (QED) is 0.169. The van der Waals surface area contributed by atoms with Crippen molar-refractivity contribution in [3.63, 3.8) is 0 Å². The van der Waals surface area contributed by atoms with Crippen LogP contribution in [0.1, 0.15) is 0 Å². The maximum atomic E-state index is 5.21. The Hall–Kier alpha value is -7.11. The topological polar surface area (TPSA) is 64.5 Å². The van der Waals surface area contributed by atoms with Gasteiger partial charge in [-0.25, -0.2) is 24.9 Å². The van der Waals surface area contributed by atoms with Gasteiger partial charge in [0.1, 0.15) is 0 Å². The number of rotatable bonds is 7. The van der Waals surface area contributed by atoms with E-state index in [2.05, 4.69) is 84.9 Å². The zero-order chi connectivity index (χ0) is 34.7. The lowest BCUT2D eigenvalue weighted by Crippen LogP contribution is -2.01. The fraction of sp³-hybridized carbons (Fsp3) is 0. The van der Waals surface area contributed by atoms with E-state index in [9.17, 15) is 0 Å². The molecule has 244 valence electrons. The molecule has 0 saturated heterocycles. The Bertz CT molecular complexity index is 2600. The third-order valence-electron chi connectivity index (χ3n) is 9.17. The first-order chi connectivity index (χ1) is 25.8. The molecular formula is C47H31N5. The molecule has 0 spiro atoms. The molecule has 0 fully saturated rings. The standard InChI is InChI=1S/C47H31N5/c1-5-17-32(18-6-1)41-31-36(29-30-39(41)47-51-44(34-21-9-3-10-22-34)50-45(52-47)35-23-11-4-12-24-35)37-25-13-14-26-38(37)46-48-42-28-16-15-27-40(42)43(49-46)33-19-7-2-8-20-33/h1-31H. The second-order valence-electron chi connectivity index (χ2n) is 12.5. The lowest BCUT2D eigenvalue weighted by molar-refractivity contribution is 1.07. The number of hydrogen-bond acceptors (Lipinski definition) is 5. The van der Waals surface area contributed by atoms with Crippen LogP contribution < -0.4 is 0 Å². The average molecular weight is 666 g/mol. The number of nitrogens with zero attached hydrogens (tertiary/aromatic N) is 5. The van der Waals surface area contributed by atoms with Gasteiger partial charge < -0.3 is 0 Å². The maximum Gasteiger partial charge on any atom is 0.164 e. The SMILES string of the molecule is c1ccc(-c2nc(-c3ccccc3)nc(-c3ccc(-c4ccccc4-c4nc(-c5ccccc5)c5ccccc5n4)cc3-c3ccccc3)n2)cc1. The Morgan fingerprint density at radius 3 is 1.35 bits per heavy atom. The number of benzene rings is 7. The first-order valence-corrected chi connectivity index (χ1v) is 17.3. The number of fused-ring (bicyclic) bond motifs is 1. The van der Waals surface area contributed by atoms with Gasteiger partial charge in [0.15, 0.2) is 23.3 Å². The van der Waals surface area contributed by atoms with Crippen molar-refractivity contribution in [1.29, 1.82) is 0 Å². The normalized spacial score (nSPS) is 11.1. The average Bonchev–Trinajstić information content (AvgIpc) is 3.24. The van der Waals surface area contributed by atoms with Crippen molar-refractivity contribution in [3.8, 4) is 79.1 Å². The van der Waals surface area contributed by atoms with Crippen LogP contribution >= 0.6 is 0 Å². The fourth-order valence-electron chi connectivity index (χ4n) is 6.64. The summed E-state index contributed by atoms with van der Waals surface area (Å²) < 4.78 is 0. The molecule has 0 saturated carbocycles. The summed E-state index contributed by atoms with van der Waals surface area (Å²) in [6, 6.07) is 64.0. The van der Waals surface area contributed by atoms with E-state index in [1.54, 1.807) is 0 Å². The van der Waals surface area contributed by atoms with Gasteiger partial charge in [0.25, 0.3) is 0 Å². The van der Waals surface area contributed by atoms with Crippen LogP contribution in [-0.2, 0) is 0 Å². The van der Waals surface area contributed by atoms with Gasteiger partial charge in [-0.2, -0.15) is 0 Å². The van der Waals surface area contributed by atoms with Crippen molar-refractivity contribution in [2.75, 3.05) is 0 Å². The Morgan fingerprint density at radius 1 is 0.250 bits per heavy atom. The second kappa shape index (κ2) is 13.7. The molecule has 5 heteroatoms. The molecule has 0 aliphatic rings. The Kier molecular flexibility index (Phi) is 8.12. The number of aromatic nitrogens is 5. The Labute approximate surface area is 302 Å². The molecule has 9 aromatic rings. The molecule has 0 N–H and O–H groups in total. The maximum absolute atomic E-state index is 5.21. The molecule has 0 bridgehead atoms. The van der Waals surface area contributed by atoms with Crippen LogP contribution in [0.3, 0.4) is 0 Å². The van der Waals surface area contributed by atoms with Gasteiger partial charge in [0.2, 0.25) is 0 Å². The lowest BCUT2D eigenvalue weighted by Gasteiger charge is -2.16. The van der Waals surface area contributed by atoms with Gasteiger partial charge in [0.05, 0.1) is 11.2 Å². The molecule has 0 aliphatic heterocycles. The summed E-state index contributed by atoms with van der Waals surface area (Å²) in [5.74, 6) is 2.54. The molecule has 52 heavy (non-hydrogen) atoms. The summed E-state index contributed by atoms with van der Waals surface area (Å²) in [5.41, 5.74) is 10.7. The summed E-state index contributed by atoms with van der Waals surface area (Å²) in [4.78, 5) is 25.4. The summed E-state index contributed by atoms with van der Waals surface area (Å²) >= 11 is 0. The van der Waals surface area contributed by atoms with E-state index in [1.807, 2.05) is 103 Å². The molecule has 2 heterocycles. The van der Waals surface area contributed by atoms with Gasteiger partial charge in [0, 0.05) is 33.2 Å². The van der Waals surface area contributed by atoms with Crippen molar-refractivity contribution in [1.82, 2.24) is 24.9 Å². The first kappa shape index (κ1) is 30.9. The minimum Gasteiger partial charge on any atom is -0.228 e. The third-order valence-corrected chi connectivity index (χ3v) is 9.17. The highest BCUT2D eigenvalue weighted by molar-refractivity contribution is 5.95. The minimum atomic E-state index is 0.608. The van der Waals surface area contributed by atoms with Crippen molar-refractivity contribution in [3.05, 3.63) is 188 Å². The molecular weight excluding hydrogens is 635 g/mol. The second-order valence-corrected chi connectivity index (χ2v) is 12.5. The molecule has 0 amide bonds. The van der Waals surface area contributed by atoms with Crippen LogP contribution in [0.5, 0.6) is 0 Å². The smallest absolute Gasteiger partial charge is 0.164 e. The summed E-state index contributed by atoms with van der Waals surface area (Å²) in [6.45, 7) is 0. The highest BCUT2D eigenvalue weighted by atomic mass is 15.0. The van der Waals surface area contributed by atoms with Crippen LogP contribution in [0.4, 0.5) is 0 Å². The van der Waals surface area contributed by atoms with Crippen molar-refractivity contribution in [2.24, 2.45) is 0 Å². The molecule has 9 rings (SSSR count). The van der Waals surface area contributed by atoms with E-state index in [0.717, 1.165) is 66.7 Å². The zero-order valence-electron chi connectivity index (χ0n) is 28.1. The van der Waals surface area contributed by atoms with E-state index in [1.165, 1.54) is 0 Å². The van der Waals surface area contributed by atoms with Crippen molar-refractivity contribution in [2.45, 2.75) is 0 Å². The molecule has 5 nitrogen and oxygen atoms in total. The van der Waals surface area contributed by atoms with Crippen LogP contribution in [-0.4, -0.2) is 24.9 Å². The first-order valence-electron chi connectivity index (χ1n) is 17.3. The lowest BCUT2D eigenvalue weighted by atomic mass is 9.92. The van der Waals surface area contributed by atoms with Gasteiger partial charge in [-0.05, 0) is 40.5 Å². The van der Waals surface area contributed by atoms with Gasteiger partial charge in [-0.15, -0.1) is 0 Å². The summed E-state index contributed by atoms with van der Waals surface area (Å²) in [5, 5.41) is 1.02. The molecule has 0 unspecified atom stereocenters. The molecule has 0 aliphatic carbocycles. The predicted molar refractivity (Wildman–Crippen MR) is 211 cm³/mol. The molecule has 7 aromatic carbocycles. The van der Waals surface area contributed by atoms with Crippen molar-refractivity contribution >= 4 is 10.9 Å². The van der Waals surface area contributed by atoms with Crippen LogP contribution in [0.15, 0.2) is 188 Å². The van der Waals surface area contributed by atoms with Gasteiger partial charge >= 0.3 is 0 Å². The molecule has 2 aromatic heterocycles. The predicted octanol–water partition coefficient (Wildman–Crippen LogP) is 11.5. The monoisotopic (exact) mass is 665 g/mol. The third kappa shape index (κ3) is 6.01. The summed E-state index contributed by atoms with van der Waals surface area (Å²) in [7, 11) is 0. The number of hydrogen-bond donors (Lipinski definition) is 0. The number of para-hydroxylation sites is 1. The van der Waals surface area contributed by atoms with E-state index < -0.39 is 0 Å². The van der Waals surface area contributed by atoms with E-state index in [4.69, 9.17) is 24.9 Å². The van der Waals surface area contributed by atoms with E-state index in [0.29, 0.717) is 23.3 Å². The van der Waals surface area contributed by atoms with Crippen molar-refractivity contribution < 1.29 is 0 Å². The Morgan fingerprint density at radius 2 is 0.712 bits per heavy atom. The fourth-order valence-corrected chi connectivity index (χ4v) is 6.64. The Balaban J connectivity index is 1.23. The molecule has 0 radical (unpaired) electrons. The zero-order valence-corrected chi connectivity index (χ0v) is 28.1. The van der Waals surface area contributed by atoms with Gasteiger partial charge in [-0.3, -0.25) is 0 Å². The highest BCUT2D eigenvalue weighted by Crippen LogP contribution is 2.39. The van der Waals surface area contributed by atoms with Crippen LogP contribution in [0.2, 0.25) is 0 Å².